The SMILES string of the molecule is CCC[N+]12CC[N+](C)(CC1)CC2.N. The summed E-state index contributed by atoms with van der Waals surface area (Å²) in [6.07, 6.45) is 1.36. The average Bonchev–Trinajstić information content (AvgIpc) is 2.08. The first-order chi connectivity index (χ1) is 5.68. The van der Waals surface area contributed by atoms with Gasteiger partial charge >= 0.3 is 0 Å². The fourth-order valence-corrected chi connectivity index (χ4v) is 2.84. The Morgan fingerprint density at radius 2 is 1.38 bits per heavy atom. The van der Waals surface area contributed by atoms with Crippen molar-refractivity contribution in [3.8, 4) is 0 Å². The summed E-state index contributed by atoms with van der Waals surface area (Å²) in [7, 11) is 2.43. The van der Waals surface area contributed by atoms with Crippen LogP contribution in [0.1, 0.15) is 13.3 Å². The van der Waals surface area contributed by atoms with E-state index < -0.39 is 0 Å². The molecule has 3 aliphatic heterocycles. The molecule has 0 aromatic heterocycles. The Hall–Kier alpha value is -0.120. The summed E-state index contributed by atoms with van der Waals surface area (Å²) < 4.78 is 2.81. The van der Waals surface area contributed by atoms with Crippen LogP contribution in [0.4, 0.5) is 0 Å². The van der Waals surface area contributed by atoms with E-state index >= 15 is 0 Å². The van der Waals surface area contributed by atoms with Crippen LogP contribution in [0.3, 0.4) is 0 Å². The van der Waals surface area contributed by atoms with Crippen LogP contribution < -0.4 is 6.15 Å². The van der Waals surface area contributed by atoms with Crippen molar-refractivity contribution in [2.75, 3.05) is 52.9 Å². The zero-order valence-electron chi connectivity index (χ0n) is 9.26. The third-order valence-corrected chi connectivity index (χ3v) is 4.04. The summed E-state index contributed by atoms with van der Waals surface area (Å²) in [5, 5.41) is 0. The zero-order valence-corrected chi connectivity index (χ0v) is 9.26. The van der Waals surface area contributed by atoms with Crippen LogP contribution in [-0.2, 0) is 0 Å². The van der Waals surface area contributed by atoms with Gasteiger partial charge < -0.3 is 15.1 Å². The summed E-state index contributed by atoms with van der Waals surface area (Å²) in [4.78, 5) is 0. The van der Waals surface area contributed by atoms with Gasteiger partial charge in [-0.1, -0.05) is 6.92 Å². The predicted molar refractivity (Wildman–Crippen MR) is 55.8 cm³/mol. The van der Waals surface area contributed by atoms with Crippen LogP contribution in [0.2, 0.25) is 0 Å². The molecule has 3 saturated heterocycles. The molecule has 3 N–H and O–H groups in total. The van der Waals surface area contributed by atoms with Gasteiger partial charge in [-0.2, -0.15) is 0 Å². The Bertz CT molecular complexity index is 154. The lowest BCUT2D eigenvalue weighted by molar-refractivity contribution is -1.07. The van der Waals surface area contributed by atoms with Crippen LogP contribution in [0.5, 0.6) is 0 Å². The van der Waals surface area contributed by atoms with Gasteiger partial charge in [-0.15, -0.1) is 0 Å². The number of hydrogen-bond donors (Lipinski definition) is 1. The molecule has 3 aliphatic rings. The van der Waals surface area contributed by atoms with Gasteiger partial charge in [-0.3, -0.25) is 0 Å². The van der Waals surface area contributed by atoms with E-state index in [1.807, 2.05) is 0 Å². The van der Waals surface area contributed by atoms with Crippen molar-refractivity contribution in [2.24, 2.45) is 0 Å². The Morgan fingerprint density at radius 1 is 0.923 bits per heavy atom. The topological polar surface area (TPSA) is 35.0 Å². The second-order valence-corrected chi connectivity index (χ2v) is 5.03. The molecule has 3 heteroatoms. The fourth-order valence-electron chi connectivity index (χ4n) is 2.84. The van der Waals surface area contributed by atoms with Crippen LogP contribution in [0.25, 0.3) is 0 Å². The van der Waals surface area contributed by atoms with E-state index in [9.17, 15) is 0 Å². The first-order valence-corrected chi connectivity index (χ1v) is 5.37. The van der Waals surface area contributed by atoms with Crippen molar-refractivity contribution in [1.82, 2.24) is 6.15 Å². The second-order valence-electron chi connectivity index (χ2n) is 5.03. The van der Waals surface area contributed by atoms with E-state index in [1.54, 1.807) is 0 Å². The molecule has 0 aromatic rings. The maximum Gasteiger partial charge on any atom is 0.129 e. The molecule has 3 nitrogen and oxygen atoms in total. The number of hydrogen-bond acceptors (Lipinski definition) is 1. The molecule has 0 spiro atoms. The van der Waals surface area contributed by atoms with Gasteiger partial charge in [0.05, 0.1) is 13.6 Å². The average molecular weight is 187 g/mol. The first-order valence-electron chi connectivity index (χ1n) is 5.37. The van der Waals surface area contributed by atoms with E-state index in [0.717, 1.165) is 0 Å². The maximum absolute atomic E-state index is 2.43. The highest BCUT2D eigenvalue weighted by Gasteiger charge is 2.45. The molecule has 0 aromatic carbocycles. The Morgan fingerprint density at radius 3 is 1.77 bits per heavy atom. The quantitative estimate of drug-likeness (QED) is 0.639. The molecule has 3 fully saturated rings. The normalized spacial score (nSPS) is 42.9. The molecule has 0 aliphatic carbocycles. The molecule has 3 rings (SSSR count). The minimum Gasteiger partial charge on any atom is -0.344 e. The molecule has 0 saturated carbocycles. The molecule has 13 heavy (non-hydrogen) atoms. The van der Waals surface area contributed by atoms with Crippen LogP contribution >= 0.6 is 0 Å². The first kappa shape index (κ1) is 11.0. The van der Waals surface area contributed by atoms with Gasteiger partial charge in [-0.05, 0) is 6.42 Å². The van der Waals surface area contributed by atoms with Gasteiger partial charge in [0.2, 0.25) is 0 Å². The number of rotatable bonds is 2. The zero-order chi connectivity index (χ0) is 8.66. The lowest BCUT2D eigenvalue weighted by Gasteiger charge is -2.54. The van der Waals surface area contributed by atoms with Crippen molar-refractivity contribution >= 4 is 0 Å². The highest BCUT2D eigenvalue weighted by molar-refractivity contribution is 4.59. The molecule has 0 unspecified atom stereocenters. The van der Waals surface area contributed by atoms with Gasteiger partial charge in [0.25, 0.3) is 0 Å². The van der Waals surface area contributed by atoms with Crippen LogP contribution in [-0.4, -0.2) is 61.8 Å². The third-order valence-electron chi connectivity index (χ3n) is 4.04. The van der Waals surface area contributed by atoms with Crippen molar-refractivity contribution in [3.63, 3.8) is 0 Å². The standard InChI is InChI=1S/C10H22N2.H3N/c1-3-4-12-8-5-11(2,6-9-12)7-10-12;/h3-10H2,1-2H3;1H3/q+2;. The Balaban J connectivity index is 0.000000845. The monoisotopic (exact) mass is 187 g/mol. The number of nitrogens with zero attached hydrogens (tertiary/aromatic N) is 2. The highest BCUT2D eigenvalue weighted by atomic mass is 15.5. The van der Waals surface area contributed by atoms with E-state index in [4.69, 9.17) is 0 Å². The van der Waals surface area contributed by atoms with Gasteiger partial charge in [-0.25, -0.2) is 0 Å². The summed E-state index contributed by atoms with van der Waals surface area (Å²) in [6, 6.07) is 0. The number of fused-ring (bicyclic) bond motifs is 3. The molecular weight excluding hydrogens is 162 g/mol. The van der Waals surface area contributed by atoms with Gasteiger partial charge in [0.1, 0.15) is 39.3 Å². The molecule has 78 valence electrons. The minimum absolute atomic E-state index is 0. The van der Waals surface area contributed by atoms with Crippen molar-refractivity contribution in [3.05, 3.63) is 0 Å². The molecule has 0 amide bonds. The molecule has 2 bridgehead atoms. The Labute approximate surface area is 82.1 Å². The van der Waals surface area contributed by atoms with Crippen molar-refractivity contribution in [1.29, 1.82) is 0 Å². The second kappa shape index (κ2) is 3.56. The number of piperazine rings is 3. The van der Waals surface area contributed by atoms with E-state index in [2.05, 4.69) is 14.0 Å². The fraction of sp³-hybridized carbons (Fsp3) is 1.00. The summed E-state index contributed by atoms with van der Waals surface area (Å²) in [5.74, 6) is 0. The van der Waals surface area contributed by atoms with Crippen LogP contribution in [0, 0.1) is 0 Å². The van der Waals surface area contributed by atoms with E-state index in [1.165, 1.54) is 61.2 Å². The predicted octanol–water partition coefficient (Wildman–Crippen LogP) is 0.849. The van der Waals surface area contributed by atoms with Crippen molar-refractivity contribution < 1.29 is 8.97 Å². The Kier molecular flexibility index (Phi) is 3.00. The number of quaternary nitrogens is 2. The van der Waals surface area contributed by atoms with Crippen molar-refractivity contribution in [2.45, 2.75) is 13.3 Å². The minimum atomic E-state index is 0. The lowest BCUT2D eigenvalue weighted by atomic mass is 10.1. The summed E-state index contributed by atoms with van der Waals surface area (Å²) >= 11 is 0. The van der Waals surface area contributed by atoms with Gasteiger partial charge in [0.15, 0.2) is 0 Å². The smallest absolute Gasteiger partial charge is 0.129 e. The van der Waals surface area contributed by atoms with Gasteiger partial charge in [0, 0.05) is 0 Å². The molecule has 0 atom stereocenters. The molecular formula is C10H25N3+2. The number of likely N-dealkylation sites (N-methyl/N-ethyl adjacent to an activating group) is 1. The van der Waals surface area contributed by atoms with E-state index in [0.29, 0.717) is 0 Å². The maximum atomic E-state index is 2.43. The summed E-state index contributed by atoms with van der Waals surface area (Å²) in [5.41, 5.74) is 0. The van der Waals surface area contributed by atoms with E-state index in [-0.39, 0.29) is 6.15 Å². The molecule has 0 radical (unpaired) electrons. The third kappa shape index (κ3) is 1.87. The van der Waals surface area contributed by atoms with Crippen LogP contribution in [0.15, 0.2) is 0 Å². The summed E-state index contributed by atoms with van der Waals surface area (Å²) in [6.45, 7) is 12.4. The highest BCUT2D eigenvalue weighted by Crippen LogP contribution is 2.24. The lowest BCUT2D eigenvalue weighted by Crippen LogP contribution is -2.73. The molecule has 3 heterocycles. The largest absolute Gasteiger partial charge is 0.344 e.